The smallest absolute Gasteiger partial charge is 0.330 e. The summed E-state index contributed by atoms with van der Waals surface area (Å²) in [6, 6.07) is 0. The van der Waals surface area contributed by atoms with Crippen molar-refractivity contribution >= 4 is 5.97 Å². The minimum atomic E-state index is -0.636. The minimum absolute atomic E-state index is 0.382. The van der Waals surface area contributed by atoms with Gasteiger partial charge in [-0.15, -0.1) is 0 Å². The van der Waals surface area contributed by atoms with E-state index in [1.54, 1.807) is 6.92 Å². The first-order valence-electron chi connectivity index (χ1n) is 2.77. The molecule has 0 amide bonds. The van der Waals surface area contributed by atoms with Crippen molar-refractivity contribution in [1.29, 1.82) is 0 Å². The highest BCUT2D eigenvalue weighted by Gasteiger charge is 2.18. The molecule has 3 nitrogen and oxygen atoms in total. The predicted octanol–water partition coefficient (Wildman–Crippen LogP) is -0.151. The molecule has 0 aromatic rings. The second-order valence-electron chi connectivity index (χ2n) is 1.99. The van der Waals surface area contributed by atoms with Gasteiger partial charge in [-0.2, -0.15) is 0 Å². The SMILES string of the molecule is C[C@@H]1OC(=O)C=C[C@H]1O. The number of aliphatic hydroxyl groups excluding tert-OH is 1. The average molecular weight is 128 g/mol. The van der Waals surface area contributed by atoms with E-state index in [1.807, 2.05) is 0 Å². The van der Waals surface area contributed by atoms with E-state index in [0.29, 0.717) is 0 Å². The van der Waals surface area contributed by atoms with Gasteiger partial charge in [-0.25, -0.2) is 4.79 Å². The normalized spacial score (nSPS) is 34.2. The molecule has 0 fully saturated rings. The summed E-state index contributed by atoms with van der Waals surface area (Å²) in [6.45, 7) is 1.64. The molecule has 0 saturated carbocycles. The molecule has 0 aromatic heterocycles. The standard InChI is InChI=1S/C6H8O3/c1-4-5(7)2-3-6(8)9-4/h2-5,7H,1H3/t4-,5+/m0/s1. The molecule has 0 spiro atoms. The van der Waals surface area contributed by atoms with Crippen LogP contribution in [-0.2, 0) is 9.53 Å². The summed E-state index contributed by atoms with van der Waals surface area (Å²) in [5, 5.41) is 8.93. The number of hydrogen-bond acceptors (Lipinski definition) is 3. The highest BCUT2D eigenvalue weighted by atomic mass is 16.6. The molecule has 1 heterocycles. The molecule has 9 heavy (non-hydrogen) atoms. The van der Waals surface area contributed by atoms with Crippen LogP contribution >= 0.6 is 0 Å². The lowest BCUT2D eigenvalue weighted by atomic mass is 10.2. The first kappa shape index (κ1) is 6.29. The van der Waals surface area contributed by atoms with E-state index in [0.717, 1.165) is 0 Å². The van der Waals surface area contributed by atoms with E-state index in [2.05, 4.69) is 4.74 Å². The lowest BCUT2D eigenvalue weighted by Crippen LogP contribution is -2.29. The van der Waals surface area contributed by atoms with Crippen molar-refractivity contribution in [3.63, 3.8) is 0 Å². The van der Waals surface area contributed by atoms with Crippen molar-refractivity contribution in [2.75, 3.05) is 0 Å². The van der Waals surface area contributed by atoms with Gasteiger partial charge in [0.1, 0.15) is 12.2 Å². The molecule has 0 aromatic carbocycles. The Morgan fingerprint density at radius 3 is 2.89 bits per heavy atom. The number of aliphatic hydroxyl groups is 1. The number of hydrogen-bond donors (Lipinski definition) is 1. The maximum atomic E-state index is 10.4. The largest absolute Gasteiger partial charge is 0.456 e. The van der Waals surface area contributed by atoms with Gasteiger partial charge in [0.15, 0.2) is 0 Å². The second kappa shape index (κ2) is 2.19. The molecule has 0 unspecified atom stereocenters. The van der Waals surface area contributed by atoms with Gasteiger partial charge < -0.3 is 9.84 Å². The van der Waals surface area contributed by atoms with Crippen LogP contribution in [0.15, 0.2) is 12.2 Å². The van der Waals surface area contributed by atoms with E-state index in [1.165, 1.54) is 12.2 Å². The Balaban J connectivity index is 2.65. The van der Waals surface area contributed by atoms with Crippen molar-refractivity contribution in [1.82, 2.24) is 0 Å². The number of esters is 1. The summed E-state index contributed by atoms with van der Waals surface area (Å²) >= 11 is 0. The number of cyclic esters (lactones) is 1. The Bertz CT molecular complexity index is 150. The number of carbonyl (C=O) groups is 1. The van der Waals surface area contributed by atoms with Crippen LogP contribution in [0, 0.1) is 0 Å². The molecule has 1 aliphatic rings. The van der Waals surface area contributed by atoms with E-state index >= 15 is 0 Å². The van der Waals surface area contributed by atoms with Gasteiger partial charge in [-0.1, -0.05) is 0 Å². The Morgan fingerprint density at radius 1 is 1.78 bits per heavy atom. The van der Waals surface area contributed by atoms with Gasteiger partial charge in [0.25, 0.3) is 0 Å². The van der Waals surface area contributed by atoms with Crippen molar-refractivity contribution in [2.45, 2.75) is 19.1 Å². The molecule has 1 N–H and O–H groups in total. The molecule has 50 valence electrons. The molecule has 0 aliphatic carbocycles. The first-order chi connectivity index (χ1) is 4.20. The van der Waals surface area contributed by atoms with E-state index in [9.17, 15) is 4.79 Å². The third kappa shape index (κ3) is 1.29. The molecule has 2 atom stereocenters. The maximum absolute atomic E-state index is 10.4. The number of ether oxygens (including phenoxy) is 1. The average Bonchev–Trinajstić information content (AvgIpc) is 1.80. The van der Waals surface area contributed by atoms with Crippen LogP contribution in [0.1, 0.15) is 6.92 Å². The van der Waals surface area contributed by atoms with Crippen molar-refractivity contribution < 1.29 is 14.6 Å². The molecule has 1 rings (SSSR count). The summed E-state index contributed by atoms with van der Waals surface area (Å²) in [7, 11) is 0. The second-order valence-corrected chi connectivity index (χ2v) is 1.99. The van der Waals surface area contributed by atoms with Gasteiger partial charge in [0, 0.05) is 6.08 Å². The molecular weight excluding hydrogens is 120 g/mol. The Kier molecular flexibility index (Phi) is 1.53. The Hall–Kier alpha value is -0.830. The van der Waals surface area contributed by atoms with Crippen LogP contribution in [-0.4, -0.2) is 23.3 Å². The zero-order chi connectivity index (χ0) is 6.85. The third-order valence-corrected chi connectivity index (χ3v) is 1.21. The number of carbonyl (C=O) groups excluding carboxylic acids is 1. The highest BCUT2D eigenvalue weighted by Crippen LogP contribution is 2.06. The number of rotatable bonds is 0. The van der Waals surface area contributed by atoms with Crippen LogP contribution in [0.5, 0.6) is 0 Å². The lowest BCUT2D eigenvalue weighted by Gasteiger charge is -2.18. The van der Waals surface area contributed by atoms with Crippen LogP contribution in [0.2, 0.25) is 0 Å². The maximum Gasteiger partial charge on any atom is 0.330 e. The molecular formula is C6H8O3. The summed E-state index contributed by atoms with van der Waals surface area (Å²) in [4.78, 5) is 10.4. The van der Waals surface area contributed by atoms with Gasteiger partial charge in [-0.05, 0) is 13.0 Å². The highest BCUT2D eigenvalue weighted by molar-refractivity contribution is 5.83. The van der Waals surface area contributed by atoms with Gasteiger partial charge in [0.05, 0.1) is 0 Å². The Morgan fingerprint density at radius 2 is 2.44 bits per heavy atom. The molecule has 0 bridgehead atoms. The minimum Gasteiger partial charge on any atom is -0.456 e. The van der Waals surface area contributed by atoms with E-state index in [4.69, 9.17) is 5.11 Å². The van der Waals surface area contributed by atoms with Crippen molar-refractivity contribution in [3.05, 3.63) is 12.2 Å². The predicted molar refractivity (Wildman–Crippen MR) is 30.7 cm³/mol. The topological polar surface area (TPSA) is 46.5 Å². The van der Waals surface area contributed by atoms with Crippen LogP contribution in [0.4, 0.5) is 0 Å². The van der Waals surface area contributed by atoms with Crippen molar-refractivity contribution in [3.8, 4) is 0 Å². The molecule has 0 radical (unpaired) electrons. The van der Waals surface area contributed by atoms with Crippen LogP contribution in [0.25, 0.3) is 0 Å². The molecule has 1 aliphatic heterocycles. The van der Waals surface area contributed by atoms with Crippen molar-refractivity contribution in [2.24, 2.45) is 0 Å². The summed E-state index contributed by atoms with van der Waals surface area (Å²) in [6.07, 6.45) is 1.62. The zero-order valence-electron chi connectivity index (χ0n) is 5.07. The van der Waals surface area contributed by atoms with Crippen LogP contribution in [0.3, 0.4) is 0 Å². The molecule has 0 saturated heterocycles. The van der Waals surface area contributed by atoms with Gasteiger partial charge >= 0.3 is 5.97 Å². The fourth-order valence-electron chi connectivity index (χ4n) is 0.626. The fraction of sp³-hybridized carbons (Fsp3) is 0.500. The summed E-state index contributed by atoms with van der Waals surface area (Å²) in [5.74, 6) is -0.382. The summed E-state index contributed by atoms with van der Waals surface area (Å²) in [5.41, 5.74) is 0. The van der Waals surface area contributed by atoms with Gasteiger partial charge in [-0.3, -0.25) is 0 Å². The first-order valence-corrected chi connectivity index (χ1v) is 2.77. The summed E-state index contributed by atoms with van der Waals surface area (Å²) < 4.78 is 4.62. The monoisotopic (exact) mass is 128 g/mol. The van der Waals surface area contributed by atoms with Crippen LogP contribution < -0.4 is 0 Å². The Labute approximate surface area is 52.9 Å². The lowest BCUT2D eigenvalue weighted by molar-refractivity contribution is -0.148. The molecule has 3 heteroatoms. The third-order valence-electron chi connectivity index (χ3n) is 1.21. The van der Waals surface area contributed by atoms with E-state index in [-0.39, 0.29) is 5.97 Å². The quantitative estimate of drug-likeness (QED) is 0.461. The van der Waals surface area contributed by atoms with E-state index < -0.39 is 12.2 Å². The van der Waals surface area contributed by atoms with Gasteiger partial charge in [0.2, 0.25) is 0 Å². The fourth-order valence-corrected chi connectivity index (χ4v) is 0.626. The zero-order valence-corrected chi connectivity index (χ0v) is 5.07.